The number of oxime groups is 1. The number of aryl methyl sites for hydroxylation is 1. The summed E-state index contributed by atoms with van der Waals surface area (Å²) in [5, 5.41) is 7.08. The molecule has 0 spiro atoms. The van der Waals surface area contributed by atoms with Gasteiger partial charge < -0.3 is 15.9 Å². The van der Waals surface area contributed by atoms with Crippen LogP contribution >= 0.6 is 0 Å². The first-order valence-electron chi connectivity index (χ1n) is 9.09. The molecule has 0 unspecified atom stereocenters. The number of rotatable bonds is 7. The topological polar surface area (TPSA) is 98.3 Å². The van der Waals surface area contributed by atoms with E-state index in [1.54, 1.807) is 6.21 Å². The van der Waals surface area contributed by atoms with Gasteiger partial charge in [0.1, 0.15) is 0 Å². The fourth-order valence-corrected chi connectivity index (χ4v) is 2.48. The molecule has 1 aromatic heterocycles. The molecule has 2 aromatic carbocycles. The predicted octanol–water partition coefficient (Wildman–Crippen LogP) is 4.18. The van der Waals surface area contributed by atoms with Crippen LogP contribution < -0.4 is 11.1 Å². The van der Waals surface area contributed by atoms with Crippen molar-refractivity contribution in [1.82, 2.24) is 15.0 Å². The molecule has 0 amide bonds. The molecule has 0 saturated heterocycles. The quantitative estimate of drug-likeness (QED) is 0.474. The minimum absolute atomic E-state index is 0.0931. The Morgan fingerprint density at radius 1 is 1.04 bits per heavy atom. The molecule has 0 saturated carbocycles. The van der Waals surface area contributed by atoms with Crippen LogP contribution in [-0.4, -0.2) is 21.2 Å². The molecule has 3 N–H and O–H groups in total. The maximum atomic E-state index is 5.77. The van der Waals surface area contributed by atoms with Gasteiger partial charge in [-0.15, -0.1) is 0 Å². The lowest BCUT2D eigenvalue weighted by Crippen LogP contribution is -2.07. The van der Waals surface area contributed by atoms with E-state index < -0.39 is 0 Å². The Kier molecular flexibility index (Phi) is 6.16. The highest BCUT2D eigenvalue weighted by Gasteiger charge is 2.05. The van der Waals surface area contributed by atoms with E-state index in [4.69, 9.17) is 10.6 Å². The van der Waals surface area contributed by atoms with E-state index in [0.29, 0.717) is 17.7 Å². The zero-order valence-electron chi connectivity index (χ0n) is 16.3. The molecule has 3 rings (SSSR count). The van der Waals surface area contributed by atoms with Crippen molar-refractivity contribution in [3.63, 3.8) is 0 Å². The number of nitrogen functional groups attached to an aromatic ring is 1. The summed E-state index contributed by atoms with van der Waals surface area (Å²) in [7, 11) is 0. The number of nitrogens with two attached hydrogens (primary N) is 1. The number of anilines is 3. The monoisotopic (exact) mass is 376 g/mol. The summed E-state index contributed by atoms with van der Waals surface area (Å²) in [5.41, 5.74) is 10.1. The van der Waals surface area contributed by atoms with Crippen LogP contribution in [0.2, 0.25) is 0 Å². The molecule has 0 fully saturated rings. The molecular formula is C21H24N6O. The van der Waals surface area contributed by atoms with Crippen LogP contribution in [0.3, 0.4) is 0 Å². The molecule has 3 aromatic rings. The van der Waals surface area contributed by atoms with Gasteiger partial charge in [-0.05, 0) is 36.1 Å². The minimum Gasteiger partial charge on any atom is -0.388 e. The van der Waals surface area contributed by atoms with Crippen molar-refractivity contribution in [3.05, 3.63) is 71.0 Å². The summed E-state index contributed by atoms with van der Waals surface area (Å²) in [6.45, 7) is 6.44. The molecule has 144 valence electrons. The number of aromatic nitrogens is 3. The first-order valence-corrected chi connectivity index (χ1v) is 9.09. The van der Waals surface area contributed by atoms with Crippen molar-refractivity contribution < 1.29 is 4.84 Å². The summed E-state index contributed by atoms with van der Waals surface area (Å²) in [5.74, 6) is 1.38. The zero-order valence-corrected chi connectivity index (χ0v) is 16.3. The second kappa shape index (κ2) is 8.94. The highest BCUT2D eigenvalue weighted by Crippen LogP contribution is 2.15. The van der Waals surface area contributed by atoms with Gasteiger partial charge in [0.15, 0.2) is 12.4 Å². The van der Waals surface area contributed by atoms with E-state index in [0.717, 1.165) is 11.3 Å². The maximum absolute atomic E-state index is 5.77. The van der Waals surface area contributed by atoms with Crippen LogP contribution in [0.1, 0.15) is 42.3 Å². The lowest BCUT2D eigenvalue weighted by Gasteiger charge is -2.07. The molecule has 0 aliphatic heterocycles. The van der Waals surface area contributed by atoms with Crippen LogP contribution in [0.4, 0.5) is 17.6 Å². The molecule has 7 nitrogen and oxygen atoms in total. The van der Waals surface area contributed by atoms with Gasteiger partial charge in [-0.2, -0.15) is 15.0 Å². The Bertz CT molecular complexity index is 936. The average Bonchev–Trinajstić information content (AvgIpc) is 2.67. The van der Waals surface area contributed by atoms with E-state index in [-0.39, 0.29) is 12.6 Å². The first kappa shape index (κ1) is 19.3. The molecule has 0 aliphatic rings. The maximum Gasteiger partial charge on any atom is 0.232 e. The van der Waals surface area contributed by atoms with Crippen LogP contribution in [0, 0.1) is 6.92 Å². The molecule has 0 bridgehead atoms. The van der Waals surface area contributed by atoms with Gasteiger partial charge in [0.2, 0.25) is 11.9 Å². The molecular weight excluding hydrogens is 352 g/mol. The van der Waals surface area contributed by atoms with E-state index >= 15 is 0 Å². The summed E-state index contributed by atoms with van der Waals surface area (Å²) in [6.07, 6.45) is 1.65. The Labute approximate surface area is 164 Å². The normalized spacial score (nSPS) is 11.1. The largest absolute Gasteiger partial charge is 0.388 e. The highest BCUT2D eigenvalue weighted by atomic mass is 16.6. The summed E-state index contributed by atoms with van der Waals surface area (Å²) < 4.78 is 0. The second-order valence-electron chi connectivity index (χ2n) is 6.75. The number of nitrogens with zero attached hydrogens (tertiary/aromatic N) is 4. The number of hydrogen-bond donors (Lipinski definition) is 2. The third kappa shape index (κ3) is 5.51. The number of nitrogens with one attached hydrogen (secondary N) is 1. The van der Waals surface area contributed by atoms with E-state index in [9.17, 15) is 0 Å². The zero-order chi connectivity index (χ0) is 19.9. The molecule has 28 heavy (non-hydrogen) atoms. The van der Waals surface area contributed by atoms with Crippen LogP contribution in [0.15, 0.2) is 53.7 Å². The number of benzene rings is 2. The van der Waals surface area contributed by atoms with Gasteiger partial charge in [0.05, 0.1) is 6.21 Å². The van der Waals surface area contributed by atoms with Crippen LogP contribution in [-0.2, 0) is 11.4 Å². The van der Waals surface area contributed by atoms with E-state index in [2.05, 4.69) is 51.4 Å². The lowest BCUT2D eigenvalue weighted by molar-refractivity contribution is 0.126. The van der Waals surface area contributed by atoms with Gasteiger partial charge in [-0.25, -0.2) is 0 Å². The van der Waals surface area contributed by atoms with Crippen molar-refractivity contribution in [1.29, 1.82) is 0 Å². The molecule has 0 radical (unpaired) electrons. The summed E-state index contributed by atoms with van der Waals surface area (Å²) in [6, 6.07) is 16.1. The predicted molar refractivity (Wildman–Crippen MR) is 112 cm³/mol. The SMILES string of the molecule is Cc1ccc(Nc2nc(N)nc(CO/N=C\c3ccc(C(C)C)cc3)n2)cc1. The Hall–Kier alpha value is -3.48. The average molecular weight is 376 g/mol. The smallest absolute Gasteiger partial charge is 0.232 e. The van der Waals surface area contributed by atoms with Gasteiger partial charge in [-0.1, -0.05) is 61.0 Å². The number of hydrogen-bond acceptors (Lipinski definition) is 7. The van der Waals surface area contributed by atoms with Gasteiger partial charge in [0, 0.05) is 5.69 Å². The van der Waals surface area contributed by atoms with E-state index in [1.807, 2.05) is 43.3 Å². The second-order valence-corrected chi connectivity index (χ2v) is 6.75. The minimum atomic E-state index is 0.0931. The highest BCUT2D eigenvalue weighted by molar-refractivity contribution is 5.79. The van der Waals surface area contributed by atoms with Crippen molar-refractivity contribution in [2.75, 3.05) is 11.1 Å². The van der Waals surface area contributed by atoms with Gasteiger partial charge in [0.25, 0.3) is 0 Å². The van der Waals surface area contributed by atoms with Crippen molar-refractivity contribution in [3.8, 4) is 0 Å². The third-order valence-corrected chi connectivity index (χ3v) is 4.08. The molecule has 7 heteroatoms. The Balaban J connectivity index is 1.59. The molecule has 1 heterocycles. The fraction of sp³-hybridized carbons (Fsp3) is 0.238. The molecule has 0 atom stereocenters. The van der Waals surface area contributed by atoms with Gasteiger partial charge in [-0.3, -0.25) is 0 Å². The molecule has 0 aliphatic carbocycles. The van der Waals surface area contributed by atoms with Crippen LogP contribution in [0.25, 0.3) is 0 Å². The third-order valence-electron chi connectivity index (χ3n) is 4.08. The first-order chi connectivity index (χ1) is 13.5. The Morgan fingerprint density at radius 2 is 1.75 bits per heavy atom. The Morgan fingerprint density at radius 3 is 2.43 bits per heavy atom. The lowest BCUT2D eigenvalue weighted by atomic mass is 10.0. The van der Waals surface area contributed by atoms with Crippen molar-refractivity contribution in [2.45, 2.75) is 33.3 Å². The van der Waals surface area contributed by atoms with Gasteiger partial charge >= 0.3 is 0 Å². The van der Waals surface area contributed by atoms with Crippen molar-refractivity contribution in [2.24, 2.45) is 5.16 Å². The van der Waals surface area contributed by atoms with E-state index in [1.165, 1.54) is 11.1 Å². The summed E-state index contributed by atoms with van der Waals surface area (Å²) >= 11 is 0. The standard InChI is InChI=1S/C21H24N6O/c1-14(2)17-8-6-16(7-9-17)12-23-28-13-19-25-20(22)27-21(26-19)24-18-10-4-15(3)5-11-18/h4-12,14H,13H2,1-3H3,(H3,22,24,25,26,27)/b23-12-. The van der Waals surface area contributed by atoms with Crippen molar-refractivity contribution >= 4 is 23.8 Å². The fourth-order valence-electron chi connectivity index (χ4n) is 2.48. The van der Waals surface area contributed by atoms with Crippen LogP contribution in [0.5, 0.6) is 0 Å². The summed E-state index contributed by atoms with van der Waals surface area (Å²) in [4.78, 5) is 17.8.